The quantitative estimate of drug-likeness (QED) is 0.472. The number of hydrogen-bond donors (Lipinski definition) is 0. The molecule has 30 heavy (non-hydrogen) atoms. The summed E-state index contributed by atoms with van der Waals surface area (Å²) in [6.07, 6.45) is 0. The number of amides is 1. The van der Waals surface area contributed by atoms with Crippen molar-refractivity contribution in [3.63, 3.8) is 0 Å². The molecule has 1 heterocycles. The molecule has 0 aliphatic heterocycles. The number of sulfone groups is 1. The Balaban J connectivity index is 2.04. The van der Waals surface area contributed by atoms with Gasteiger partial charge in [0.1, 0.15) is 6.54 Å². The average Bonchev–Trinajstić information content (AvgIpc) is 3.04. The standard InChI is InChI=1S/C20H19BrN2O5S2/c1-3-28-18(24)12-23-16-10-7-14(21)11-17(16)29-20(23)22-19(25)13-5-8-15(9-6-13)30(26,27)4-2/h5-11H,3-4,12H2,1-2H3. The van der Waals surface area contributed by atoms with Gasteiger partial charge in [-0.2, -0.15) is 4.99 Å². The molecule has 3 rings (SSSR count). The summed E-state index contributed by atoms with van der Waals surface area (Å²) in [6.45, 7) is 3.47. The van der Waals surface area contributed by atoms with Crippen LogP contribution < -0.4 is 4.80 Å². The molecule has 0 unspecified atom stereocenters. The molecule has 0 fully saturated rings. The number of halogens is 1. The maximum Gasteiger partial charge on any atom is 0.326 e. The second kappa shape index (κ2) is 9.23. The fourth-order valence-corrected chi connectivity index (χ4v) is 5.21. The van der Waals surface area contributed by atoms with Gasteiger partial charge in [0.15, 0.2) is 14.6 Å². The SMILES string of the molecule is CCOC(=O)Cn1c(=NC(=O)c2ccc(S(=O)(=O)CC)cc2)sc2cc(Br)ccc21. The second-order valence-electron chi connectivity index (χ2n) is 6.23. The van der Waals surface area contributed by atoms with Crippen molar-refractivity contribution >= 4 is 59.2 Å². The summed E-state index contributed by atoms with van der Waals surface area (Å²) in [5.41, 5.74) is 1.01. The number of rotatable bonds is 6. The molecule has 0 aliphatic carbocycles. The van der Waals surface area contributed by atoms with Crippen molar-refractivity contribution in [2.24, 2.45) is 4.99 Å². The molecule has 2 aromatic carbocycles. The molecular weight excluding hydrogens is 492 g/mol. The summed E-state index contributed by atoms with van der Waals surface area (Å²) >= 11 is 4.69. The van der Waals surface area contributed by atoms with E-state index >= 15 is 0 Å². The minimum atomic E-state index is -3.35. The number of carbonyl (C=O) groups is 2. The third kappa shape index (κ3) is 4.88. The van der Waals surface area contributed by atoms with E-state index in [-0.39, 0.29) is 29.4 Å². The van der Waals surface area contributed by atoms with Gasteiger partial charge < -0.3 is 9.30 Å². The maximum absolute atomic E-state index is 12.7. The van der Waals surface area contributed by atoms with Gasteiger partial charge in [0.25, 0.3) is 5.91 Å². The first kappa shape index (κ1) is 22.4. The highest BCUT2D eigenvalue weighted by Crippen LogP contribution is 2.22. The summed E-state index contributed by atoms with van der Waals surface area (Å²) < 4.78 is 32.3. The highest BCUT2D eigenvalue weighted by Gasteiger charge is 2.15. The summed E-state index contributed by atoms with van der Waals surface area (Å²) in [5.74, 6) is -0.975. The highest BCUT2D eigenvalue weighted by atomic mass is 79.9. The highest BCUT2D eigenvalue weighted by molar-refractivity contribution is 9.10. The number of hydrogen-bond acceptors (Lipinski definition) is 6. The first-order chi connectivity index (χ1) is 14.2. The van der Waals surface area contributed by atoms with Gasteiger partial charge >= 0.3 is 5.97 Å². The minimum Gasteiger partial charge on any atom is -0.465 e. The first-order valence-electron chi connectivity index (χ1n) is 9.11. The lowest BCUT2D eigenvalue weighted by Gasteiger charge is -2.05. The lowest BCUT2D eigenvalue weighted by molar-refractivity contribution is -0.143. The molecule has 0 radical (unpaired) electrons. The van der Waals surface area contributed by atoms with Crippen molar-refractivity contribution in [1.82, 2.24) is 4.57 Å². The van der Waals surface area contributed by atoms with Crippen molar-refractivity contribution in [1.29, 1.82) is 0 Å². The molecule has 0 atom stereocenters. The van der Waals surface area contributed by atoms with Crippen molar-refractivity contribution in [3.8, 4) is 0 Å². The van der Waals surface area contributed by atoms with Crippen LogP contribution in [-0.4, -0.2) is 37.2 Å². The van der Waals surface area contributed by atoms with Crippen LogP contribution in [0.4, 0.5) is 0 Å². The van der Waals surface area contributed by atoms with Crippen LogP contribution in [0.5, 0.6) is 0 Å². The Kier molecular flexibility index (Phi) is 6.89. The maximum atomic E-state index is 12.7. The summed E-state index contributed by atoms with van der Waals surface area (Å²) in [7, 11) is -3.35. The number of ether oxygens (including phenoxy) is 1. The van der Waals surface area contributed by atoms with E-state index in [0.29, 0.717) is 4.80 Å². The van der Waals surface area contributed by atoms with Crippen LogP contribution in [0.25, 0.3) is 10.2 Å². The van der Waals surface area contributed by atoms with Crippen LogP contribution in [0.1, 0.15) is 24.2 Å². The zero-order valence-electron chi connectivity index (χ0n) is 16.3. The summed E-state index contributed by atoms with van der Waals surface area (Å²) in [6, 6.07) is 11.2. The summed E-state index contributed by atoms with van der Waals surface area (Å²) in [5, 5.41) is 0. The molecule has 0 N–H and O–H groups in total. The predicted molar refractivity (Wildman–Crippen MR) is 118 cm³/mol. The van der Waals surface area contributed by atoms with Gasteiger partial charge in [-0.05, 0) is 49.4 Å². The molecule has 158 valence electrons. The molecule has 0 saturated carbocycles. The van der Waals surface area contributed by atoms with Gasteiger partial charge in [0.05, 0.1) is 27.5 Å². The lowest BCUT2D eigenvalue weighted by atomic mass is 10.2. The van der Waals surface area contributed by atoms with Crippen LogP contribution in [-0.2, 0) is 25.9 Å². The van der Waals surface area contributed by atoms with E-state index in [1.54, 1.807) is 18.4 Å². The Morgan fingerprint density at radius 3 is 2.47 bits per heavy atom. The zero-order valence-corrected chi connectivity index (χ0v) is 19.5. The normalized spacial score (nSPS) is 12.3. The monoisotopic (exact) mass is 510 g/mol. The van der Waals surface area contributed by atoms with E-state index in [1.807, 2.05) is 18.2 Å². The zero-order chi connectivity index (χ0) is 21.9. The summed E-state index contributed by atoms with van der Waals surface area (Å²) in [4.78, 5) is 29.5. The number of benzene rings is 2. The Hall–Kier alpha value is -2.30. The lowest BCUT2D eigenvalue weighted by Crippen LogP contribution is -2.23. The Morgan fingerprint density at radius 2 is 1.83 bits per heavy atom. The van der Waals surface area contributed by atoms with Crippen LogP contribution in [0.15, 0.2) is 56.8 Å². The Labute approximate surface area is 186 Å². The fraction of sp³-hybridized carbons (Fsp3) is 0.250. The van der Waals surface area contributed by atoms with E-state index in [2.05, 4.69) is 20.9 Å². The predicted octanol–water partition coefficient (Wildman–Crippen LogP) is 3.56. The van der Waals surface area contributed by atoms with E-state index in [0.717, 1.165) is 14.7 Å². The molecule has 10 heteroatoms. The van der Waals surface area contributed by atoms with Crippen molar-refractivity contribution in [2.45, 2.75) is 25.3 Å². The van der Waals surface area contributed by atoms with E-state index in [4.69, 9.17) is 4.74 Å². The average molecular weight is 511 g/mol. The van der Waals surface area contributed by atoms with Crippen LogP contribution in [0.2, 0.25) is 0 Å². The number of fused-ring (bicyclic) bond motifs is 1. The number of aromatic nitrogens is 1. The van der Waals surface area contributed by atoms with Crippen LogP contribution >= 0.6 is 27.3 Å². The number of esters is 1. The molecule has 0 aliphatic rings. The van der Waals surface area contributed by atoms with E-state index in [9.17, 15) is 18.0 Å². The third-order valence-electron chi connectivity index (χ3n) is 4.27. The van der Waals surface area contributed by atoms with Gasteiger partial charge in [-0.3, -0.25) is 9.59 Å². The van der Waals surface area contributed by atoms with Crippen LogP contribution in [0, 0.1) is 0 Å². The van der Waals surface area contributed by atoms with E-state index < -0.39 is 21.7 Å². The molecule has 7 nitrogen and oxygen atoms in total. The molecule has 0 saturated heterocycles. The third-order valence-corrected chi connectivity index (χ3v) is 7.56. The largest absolute Gasteiger partial charge is 0.465 e. The van der Waals surface area contributed by atoms with Crippen molar-refractivity contribution in [3.05, 3.63) is 57.3 Å². The smallest absolute Gasteiger partial charge is 0.326 e. The van der Waals surface area contributed by atoms with Gasteiger partial charge in [0.2, 0.25) is 0 Å². The second-order valence-corrected chi connectivity index (χ2v) is 10.4. The Bertz CT molecular complexity index is 1270. The molecular formula is C20H19BrN2O5S2. The van der Waals surface area contributed by atoms with E-state index in [1.165, 1.54) is 35.6 Å². The topological polar surface area (TPSA) is 94.8 Å². The van der Waals surface area contributed by atoms with Crippen molar-refractivity contribution < 1.29 is 22.7 Å². The molecule has 1 aromatic heterocycles. The van der Waals surface area contributed by atoms with Gasteiger partial charge in [-0.25, -0.2) is 8.42 Å². The first-order valence-corrected chi connectivity index (χ1v) is 12.4. The van der Waals surface area contributed by atoms with Crippen molar-refractivity contribution in [2.75, 3.05) is 12.4 Å². The Morgan fingerprint density at radius 1 is 1.13 bits per heavy atom. The number of nitrogens with zero attached hydrogens (tertiary/aromatic N) is 2. The number of carbonyl (C=O) groups excluding carboxylic acids is 2. The van der Waals surface area contributed by atoms with Crippen LogP contribution in [0.3, 0.4) is 0 Å². The molecule has 1 amide bonds. The minimum absolute atomic E-state index is 0.0180. The fourth-order valence-electron chi connectivity index (χ4n) is 2.74. The molecule has 3 aromatic rings. The van der Waals surface area contributed by atoms with Gasteiger partial charge in [-0.15, -0.1) is 0 Å². The molecule has 0 bridgehead atoms. The molecule has 0 spiro atoms. The van der Waals surface area contributed by atoms with Gasteiger partial charge in [-0.1, -0.05) is 34.2 Å². The number of thiazole rings is 1. The van der Waals surface area contributed by atoms with Gasteiger partial charge in [0, 0.05) is 10.0 Å².